The summed E-state index contributed by atoms with van der Waals surface area (Å²) in [6, 6.07) is 8.77. The summed E-state index contributed by atoms with van der Waals surface area (Å²) in [6.45, 7) is 0. The summed E-state index contributed by atoms with van der Waals surface area (Å²) < 4.78 is 3.12. The molecule has 0 N–H and O–H groups in total. The van der Waals surface area contributed by atoms with Crippen LogP contribution in [0, 0.1) is 0 Å². The number of rotatable bonds is 1. The van der Waals surface area contributed by atoms with Crippen molar-refractivity contribution in [2.24, 2.45) is 0 Å². The molecule has 0 radical (unpaired) electrons. The molecule has 0 spiro atoms. The van der Waals surface area contributed by atoms with Crippen molar-refractivity contribution in [3.8, 4) is 0 Å². The molecule has 0 saturated carbocycles. The van der Waals surface area contributed by atoms with E-state index < -0.39 is 18.4 Å². The molecular formula is C11H14SSn. The molecule has 0 saturated heterocycles. The molecule has 0 aliphatic carbocycles. The fourth-order valence-corrected chi connectivity index (χ4v) is 9.46. The number of fused-ring (bicyclic) bond motifs is 1. The zero-order valence-corrected chi connectivity index (χ0v) is 12.0. The molecule has 1 heterocycles. The van der Waals surface area contributed by atoms with Gasteiger partial charge in [0.2, 0.25) is 0 Å². The van der Waals surface area contributed by atoms with Gasteiger partial charge in [0.15, 0.2) is 0 Å². The van der Waals surface area contributed by atoms with Crippen LogP contribution in [0.25, 0.3) is 10.1 Å². The number of hydrogen-bond acceptors (Lipinski definition) is 1. The predicted octanol–water partition coefficient (Wildman–Crippen LogP) is 3.45. The summed E-state index contributed by atoms with van der Waals surface area (Å²) in [6.07, 6.45) is 0. The summed E-state index contributed by atoms with van der Waals surface area (Å²) in [7, 11) is 0. The number of benzene rings is 1. The molecule has 1 aromatic carbocycles. The minimum atomic E-state index is -1.85. The van der Waals surface area contributed by atoms with E-state index >= 15 is 0 Å². The van der Waals surface area contributed by atoms with Crippen LogP contribution in [-0.4, -0.2) is 18.4 Å². The fraction of sp³-hybridized carbons (Fsp3) is 0.273. The Morgan fingerprint density at radius 3 is 2.46 bits per heavy atom. The summed E-state index contributed by atoms with van der Waals surface area (Å²) in [5.41, 5.74) is 0. The zero-order valence-electron chi connectivity index (χ0n) is 8.29. The quantitative estimate of drug-likeness (QED) is 0.707. The molecule has 2 aromatic rings. The maximum atomic E-state index is 2.48. The monoisotopic (exact) mass is 298 g/mol. The Morgan fingerprint density at radius 1 is 1.08 bits per heavy atom. The van der Waals surface area contributed by atoms with Crippen molar-refractivity contribution in [2.75, 3.05) is 0 Å². The number of hydrogen-bond donors (Lipinski definition) is 0. The van der Waals surface area contributed by atoms with E-state index in [4.69, 9.17) is 0 Å². The van der Waals surface area contributed by atoms with Crippen molar-refractivity contribution in [1.29, 1.82) is 0 Å². The van der Waals surface area contributed by atoms with Crippen LogP contribution in [0.5, 0.6) is 0 Å². The van der Waals surface area contributed by atoms with Crippen LogP contribution in [0.2, 0.25) is 14.8 Å². The molecule has 13 heavy (non-hydrogen) atoms. The van der Waals surface area contributed by atoms with E-state index in [1.807, 2.05) is 11.3 Å². The van der Waals surface area contributed by atoms with Crippen molar-refractivity contribution >= 4 is 43.4 Å². The Morgan fingerprint density at radius 2 is 1.77 bits per heavy atom. The molecule has 0 fully saturated rings. The van der Waals surface area contributed by atoms with Gasteiger partial charge in [-0.1, -0.05) is 0 Å². The molecule has 0 amide bonds. The van der Waals surface area contributed by atoms with E-state index in [0.717, 1.165) is 0 Å². The van der Waals surface area contributed by atoms with E-state index in [1.54, 1.807) is 3.58 Å². The third-order valence-corrected chi connectivity index (χ3v) is 9.64. The molecule has 0 aliphatic heterocycles. The first-order valence-electron chi connectivity index (χ1n) is 4.56. The normalized spacial score (nSPS) is 12.2. The third kappa shape index (κ3) is 1.77. The Bertz CT molecular complexity index is 423. The third-order valence-electron chi connectivity index (χ3n) is 2.29. The Kier molecular flexibility index (Phi) is 2.41. The first kappa shape index (κ1) is 9.53. The molecule has 2 rings (SSSR count). The van der Waals surface area contributed by atoms with Gasteiger partial charge in [-0.05, 0) is 0 Å². The average molecular weight is 297 g/mol. The van der Waals surface area contributed by atoms with Crippen LogP contribution in [0.1, 0.15) is 0 Å². The number of thiophene rings is 1. The van der Waals surface area contributed by atoms with Gasteiger partial charge >= 0.3 is 87.8 Å². The first-order chi connectivity index (χ1) is 6.09. The van der Waals surface area contributed by atoms with Crippen LogP contribution < -0.4 is 3.58 Å². The van der Waals surface area contributed by atoms with E-state index in [0.29, 0.717) is 0 Å². The van der Waals surface area contributed by atoms with Gasteiger partial charge in [0.1, 0.15) is 0 Å². The predicted molar refractivity (Wildman–Crippen MR) is 64.8 cm³/mol. The van der Waals surface area contributed by atoms with Gasteiger partial charge in [0, 0.05) is 0 Å². The second-order valence-electron chi connectivity index (χ2n) is 4.40. The average Bonchev–Trinajstić information content (AvgIpc) is 2.45. The molecular weight excluding hydrogens is 283 g/mol. The van der Waals surface area contributed by atoms with Gasteiger partial charge in [0.25, 0.3) is 0 Å². The Hall–Kier alpha value is -0.0213. The van der Waals surface area contributed by atoms with Crippen LogP contribution in [0.4, 0.5) is 0 Å². The summed E-state index contributed by atoms with van der Waals surface area (Å²) in [5.74, 6) is 0. The van der Waals surface area contributed by atoms with Crippen LogP contribution >= 0.6 is 11.3 Å². The van der Waals surface area contributed by atoms with Crippen molar-refractivity contribution in [3.63, 3.8) is 0 Å². The van der Waals surface area contributed by atoms with Gasteiger partial charge in [-0.3, -0.25) is 0 Å². The summed E-state index contributed by atoms with van der Waals surface area (Å²) >= 11 is 0.0421. The molecule has 0 aliphatic rings. The SMILES string of the molecule is [CH3][Sn]([CH3])([CH3])[c]1csc2ccccc12. The molecule has 0 unspecified atom stereocenters. The van der Waals surface area contributed by atoms with Crippen molar-refractivity contribution in [1.82, 2.24) is 0 Å². The van der Waals surface area contributed by atoms with Gasteiger partial charge in [-0.15, -0.1) is 0 Å². The molecule has 0 nitrogen and oxygen atoms in total. The van der Waals surface area contributed by atoms with Gasteiger partial charge in [-0.2, -0.15) is 0 Å². The zero-order chi connectivity index (χ0) is 9.47. The van der Waals surface area contributed by atoms with Crippen LogP contribution in [-0.2, 0) is 0 Å². The summed E-state index contributed by atoms with van der Waals surface area (Å²) in [5, 5.41) is 3.89. The van der Waals surface area contributed by atoms with Gasteiger partial charge < -0.3 is 0 Å². The maximum absolute atomic E-state index is 2.48. The molecule has 0 atom stereocenters. The second-order valence-corrected chi connectivity index (χ2v) is 19.7. The van der Waals surface area contributed by atoms with E-state index in [-0.39, 0.29) is 0 Å². The van der Waals surface area contributed by atoms with Crippen LogP contribution in [0.15, 0.2) is 29.6 Å². The van der Waals surface area contributed by atoms with E-state index in [9.17, 15) is 0 Å². The van der Waals surface area contributed by atoms with Crippen molar-refractivity contribution in [3.05, 3.63) is 29.6 Å². The van der Waals surface area contributed by atoms with E-state index in [1.165, 1.54) is 10.1 Å². The topological polar surface area (TPSA) is 0 Å². The standard InChI is InChI=1S/C8H5S.3CH3.Sn/c1-2-4-8-7(3-1)5-6-9-8;;;;/h1-4,6H;3*1H3;. The van der Waals surface area contributed by atoms with Crippen molar-refractivity contribution < 1.29 is 0 Å². The Balaban J connectivity index is 2.72. The molecule has 0 bridgehead atoms. The van der Waals surface area contributed by atoms with Crippen molar-refractivity contribution in [2.45, 2.75) is 14.8 Å². The van der Waals surface area contributed by atoms with E-state index in [2.05, 4.69) is 44.5 Å². The molecule has 1 aromatic heterocycles. The minimum absolute atomic E-state index is 1.45. The van der Waals surface area contributed by atoms with Gasteiger partial charge in [-0.25, -0.2) is 0 Å². The van der Waals surface area contributed by atoms with Gasteiger partial charge in [0.05, 0.1) is 0 Å². The fourth-order valence-electron chi connectivity index (χ4n) is 1.56. The Labute approximate surface area is 87.5 Å². The first-order valence-corrected chi connectivity index (χ1v) is 15.4. The van der Waals surface area contributed by atoms with Crippen LogP contribution in [0.3, 0.4) is 0 Å². The second kappa shape index (κ2) is 3.28. The molecule has 2 heteroatoms. The summed E-state index contributed by atoms with van der Waals surface area (Å²) in [4.78, 5) is 7.43. The molecule has 68 valence electrons.